The molecule has 1 heterocycles. The number of likely N-dealkylation sites (N-methyl/N-ethyl adjacent to an activating group) is 1. The Hall–Kier alpha value is -2.41. The molecule has 0 fully saturated rings. The van der Waals surface area contributed by atoms with E-state index in [9.17, 15) is 19.5 Å². The summed E-state index contributed by atoms with van der Waals surface area (Å²) in [6.45, 7) is -1.60. The molecule has 1 aromatic carbocycles. The van der Waals surface area contributed by atoms with Crippen molar-refractivity contribution in [2.45, 2.75) is 45.2 Å². The molecule has 0 bridgehead atoms. The summed E-state index contributed by atoms with van der Waals surface area (Å²) in [5.74, 6) is -5.48. The molecule has 3 N–H and O–H groups in total. The van der Waals surface area contributed by atoms with Crippen LogP contribution in [0.25, 0.3) is 0 Å². The molecule has 0 aliphatic carbocycles. The van der Waals surface area contributed by atoms with Gasteiger partial charge in [0.25, 0.3) is 0 Å². The summed E-state index contributed by atoms with van der Waals surface area (Å²) in [5.41, 5.74) is -1.79. The number of nitrogens with zero attached hydrogens (tertiary/aromatic N) is 1. The van der Waals surface area contributed by atoms with Gasteiger partial charge in [0.2, 0.25) is 17.7 Å². The Morgan fingerprint density at radius 3 is 2.81 bits per heavy atom. The predicted molar refractivity (Wildman–Crippen MR) is 97.1 cm³/mol. The minimum atomic E-state index is -3.62. The highest BCUT2D eigenvalue weighted by Crippen LogP contribution is 2.24. The Kier molecular flexibility index (Phi) is 3.04. The number of rotatable bonds is 5. The molecule has 0 unspecified atom stereocenters. The Labute approximate surface area is 169 Å². The number of aliphatic hydroxyl groups excluding tert-OH is 1. The standard InChI is InChI=1S/C19H27N3O4/c1-11(2)16(23)18(25)20-12(3)17(24)21-15-14-8-6-5-7-13(14)9-10-22(4)19(15)26/h5-8,11-12,15-16,23H,9-10H2,1-4H3,(H,20,25)(H,21,24)/t12-,15-,16-/m0/s1/i3D3,5D,6D,7D,8D,9D2,12D,15D. The average molecular weight is 373 g/mol. The first kappa shape index (κ1) is 9.50. The van der Waals surface area contributed by atoms with E-state index in [1.807, 2.05) is 0 Å². The number of carbonyl (C=O) groups is 3. The van der Waals surface area contributed by atoms with Gasteiger partial charge in [0, 0.05) is 20.4 Å². The van der Waals surface area contributed by atoms with E-state index in [-0.39, 0.29) is 0 Å². The summed E-state index contributed by atoms with van der Waals surface area (Å²) in [6, 6.07) is -10.6. The molecule has 1 aliphatic rings. The lowest BCUT2D eigenvalue weighted by atomic mass is 9.99. The number of carbonyl (C=O) groups excluding carboxylic acids is 3. The number of hydrogen-bond donors (Lipinski definition) is 3. The zero-order valence-corrected chi connectivity index (χ0v) is 14.5. The van der Waals surface area contributed by atoms with Gasteiger partial charge in [0.1, 0.15) is 18.1 Å². The second-order valence-electron chi connectivity index (χ2n) is 5.97. The first-order chi connectivity index (χ1) is 16.5. The highest BCUT2D eigenvalue weighted by molar-refractivity contribution is 5.93. The van der Waals surface area contributed by atoms with E-state index in [0.29, 0.717) is 4.90 Å². The van der Waals surface area contributed by atoms with Crippen LogP contribution in [-0.4, -0.2) is 53.4 Å². The van der Waals surface area contributed by atoms with E-state index in [1.165, 1.54) is 13.8 Å². The maximum absolute atomic E-state index is 13.3. The van der Waals surface area contributed by atoms with Gasteiger partial charge < -0.3 is 20.6 Å². The topological polar surface area (TPSA) is 98.7 Å². The van der Waals surface area contributed by atoms with Crippen molar-refractivity contribution in [2.75, 3.05) is 13.6 Å². The van der Waals surface area contributed by atoms with Crippen LogP contribution in [0.2, 0.25) is 0 Å². The molecule has 7 nitrogen and oxygen atoms in total. The molecule has 0 radical (unpaired) electrons. The van der Waals surface area contributed by atoms with Gasteiger partial charge in [0.05, 0.1) is 8.22 Å². The van der Waals surface area contributed by atoms with Gasteiger partial charge in [-0.15, -0.1) is 0 Å². The number of fused-ring (bicyclic) bond motifs is 1. The third-order valence-corrected chi connectivity index (χ3v) is 3.60. The Balaban J connectivity index is 2.80. The summed E-state index contributed by atoms with van der Waals surface area (Å²) in [4.78, 5) is 39.6. The fourth-order valence-corrected chi connectivity index (χ4v) is 2.05. The molecule has 0 spiro atoms. The van der Waals surface area contributed by atoms with E-state index in [1.54, 1.807) is 10.6 Å². The van der Waals surface area contributed by atoms with Gasteiger partial charge in [-0.25, -0.2) is 0 Å². The van der Waals surface area contributed by atoms with Crippen molar-refractivity contribution in [3.8, 4) is 0 Å². The maximum atomic E-state index is 13.3. The smallest absolute Gasteiger partial charge is 0.249 e. The zero-order chi connectivity index (χ0) is 29.0. The summed E-state index contributed by atoms with van der Waals surface area (Å²) in [5, 5.41) is 13.3. The van der Waals surface area contributed by atoms with Crippen molar-refractivity contribution >= 4 is 17.7 Å². The number of nitrogens with one attached hydrogen (secondary N) is 2. The van der Waals surface area contributed by atoms with E-state index in [4.69, 9.17) is 15.1 Å². The second kappa shape index (κ2) is 8.31. The Bertz CT molecular complexity index is 1140. The monoisotopic (exact) mass is 372 g/mol. The van der Waals surface area contributed by atoms with Crippen LogP contribution >= 0.6 is 0 Å². The highest BCUT2D eigenvalue weighted by atomic mass is 16.3. The molecule has 0 saturated carbocycles. The molecular weight excluding hydrogens is 334 g/mol. The van der Waals surface area contributed by atoms with Crippen LogP contribution < -0.4 is 10.6 Å². The molecule has 2 rings (SSSR count). The molecule has 26 heavy (non-hydrogen) atoms. The van der Waals surface area contributed by atoms with Crippen LogP contribution in [0, 0.1) is 5.92 Å². The van der Waals surface area contributed by atoms with E-state index in [2.05, 4.69) is 0 Å². The molecule has 0 aromatic heterocycles. The summed E-state index contributed by atoms with van der Waals surface area (Å²) < 4.78 is 89.2. The molecule has 1 aromatic rings. The third kappa shape index (κ3) is 4.40. The van der Waals surface area contributed by atoms with Crippen LogP contribution in [0.4, 0.5) is 0 Å². The maximum Gasteiger partial charge on any atom is 0.249 e. The number of hydrogen-bond acceptors (Lipinski definition) is 4. The Morgan fingerprint density at radius 2 is 2.15 bits per heavy atom. The first-order valence-corrected chi connectivity index (χ1v) is 7.74. The van der Waals surface area contributed by atoms with Crippen LogP contribution in [0.1, 0.15) is 52.9 Å². The second-order valence-corrected chi connectivity index (χ2v) is 5.97. The van der Waals surface area contributed by atoms with Gasteiger partial charge in [-0.05, 0) is 30.3 Å². The van der Waals surface area contributed by atoms with Gasteiger partial charge in [-0.2, -0.15) is 0 Å². The quantitative estimate of drug-likeness (QED) is 0.696. The Morgan fingerprint density at radius 1 is 1.46 bits per heavy atom. The number of aliphatic hydroxyl groups is 1. The fraction of sp³-hybridized carbons (Fsp3) is 0.526. The first-order valence-electron chi connectivity index (χ1n) is 13.2. The van der Waals surface area contributed by atoms with E-state index in [0.717, 1.165) is 7.05 Å². The normalized spacial score (nSPS) is 32.0. The van der Waals surface area contributed by atoms with Crippen molar-refractivity contribution in [1.82, 2.24) is 15.5 Å². The molecule has 1 aliphatic heterocycles. The van der Waals surface area contributed by atoms with Crippen molar-refractivity contribution in [2.24, 2.45) is 5.92 Å². The average Bonchev–Trinajstić information content (AvgIpc) is 2.81. The molecular formula is C19H27N3O4. The number of amides is 3. The SMILES string of the molecule is [2H]c1c([2H])c([2H])c2c(c1[2H])C([2H])([2H])CN(C)C(=O)[C@@]2([2H])NC(=O)[C@@]([2H])(NC(=O)[C@@H](O)C(C)C)C([2H])([2H])[2H]. The molecule has 0 saturated heterocycles. The van der Waals surface area contributed by atoms with Gasteiger partial charge in [-0.1, -0.05) is 38.0 Å². The van der Waals surface area contributed by atoms with Crippen molar-refractivity contribution in [3.63, 3.8) is 0 Å². The van der Waals surface area contributed by atoms with Gasteiger partial charge in [0.15, 0.2) is 0 Å². The van der Waals surface area contributed by atoms with Crippen LogP contribution in [0.3, 0.4) is 0 Å². The van der Waals surface area contributed by atoms with E-state index >= 15 is 0 Å². The molecule has 3 atom stereocenters. The summed E-state index contributed by atoms with van der Waals surface area (Å²) in [7, 11) is 1.04. The fourth-order valence-electron chi connectivity index (χ4n) is 2.05. The lowest BCUT2D eigenvalue weighted by Gasteiger charge is -2.24. The minimum absolute atomic E-state index is 0.640. The molecule has 7 heteroatoms. The number of benzene rings is 1. The van der Waals surface area contributed by atoms with Crippen molar-refractivity contribution in [3.05, 3.63) is 35.3 Å². The van der Waals surface area contributed by atoms with Gasteiger partial charge >= 0.3 is 0 Å². The zero-order valence-electron chi connectivity index (χ0n) is 25.5. The van der Waals surface area contributed by atoms with E-state index < -0.39 is 96.8 Å². The van der Waals surface area contributed by atoms with Gasteiger partial charge in [-0.3, -0.25) is 14.4 Å². The lowest BCUT2D eigenvalue weighted by molar-refractivity contribution is -0.137. The highest BCUT2D eigenvalue weighted by Gasteiger charge is 2.32. The van der Waals surface area contributed by atoms with Crippen LogP contribution in [-0.2, 0) is 20.8 Å². The van der Waals surface area contributed by atoms with Crippen LogP contribution in [0.5, 0.6) is 0 Å². The third-order valence-electron chi connectivity index (χ3n) is 3.60. The molecule has 142 valence electrons. The lowest BCUT2D eigenvalue weighted by Crippen LogP contribution is -2.51. The van der Waals surface area contributed by atoms with Crippen LogP contribution in [0.15, 0.2) is 24.2 Å². The minimum Gasteiger partial charge on any atom is -0.383 e. The predicted octanol–water partition coefficient (Wildman–Crippen LogP) is 0.380. The largest absolute Gasteiger partial charge is 0.383 e. The summed E-state index contributed by atoms with van der Waals surface area (Å²) >= 11 is 0. The van der Waals surface area contributed by atoms with Crippen molar-refractivity contribution in [1.29, 1.82) is 0 Å². The molecule has 3 amide bonds. The summed E-state index contributed by atoms with van der Waals surface area (Å²) in [6.07, 6.45) is -4.46. The van der Waals surface area contributed by atoms with Crippen molar-refractivity contribution < 1.29 is 34.6 Å².